The summed E-state index contributed by atoms with van der Waals surface area (Å²) in [6.07, 6.45) is 0. The van der Waals surface area contributed by atoms with Crippen LogP contribution in [0.2, 0.25) is 0 Å². The fraction of sp³-hybridized carbons (Fsp3) is 0.231. The van der Waals surface area contributed by atoms with Gasteiger partial charge in [-0.25, -0.2) is 0 Å². The second kappa shape index (κ2) is 5.01. The standard InChI is InChI=1S/C13H16N4O/c1-8-3-5-10(6-4-8)12(14)13(18)15-11-7-9(2)16-17-11/h3-7,12H,14H2,1-2H3,(H2,15,16,17,18). The molecule has 5 heteroatoms. The quantitative estimate of drug-likeness (QED) is 0.767. The van der Waals surface area contributed by atoms with Gasteiger partial charge in [0, 0.05) is 11.8 Å². The number of aromatic nitrogens is 2. The lowest BCUT2D eigenvalue weighted by molar-refractivity contribution is -0.117. The normalized spacial score (nSPS) is 12.2. The number of aryl methyl sites for hydroxylation is 2. The molecule has 0 aliphatic heterocycles. The molecule has 1 heterocycles. The lowest BCUT2D eigenvalue weighted by Crippen LogP contribution is -2.27. The van der Waals surface area contributed by atoms with Crippen LogP contribution in [0.5, 0.6) is 0 Å². The summed E-state index contributed by atoms with van der Waals surface area (Å²) in [6, 6.07) is 8.63. The molecule has 2 rings (SSSR count). The highest BCUT2D eigenvalue weighted by Gasteiger charge is 2.16. The van der Waals surface area contributed by atoms with E-state index in [4.69, 9.17) is 5.73 Å². The molecule has 0 saturated heterocycles. The smallest absolute Gasteiger partial charge is 0.247 e. The fourth-order valence-electron chi connectivity index (χ4n) is 1.61. The molecule has 2 aromatic rings. The molecule has 1 aromatic carbocycles. The fourth-order valence-corrected chi connectivity index (χ4v) is 1.61. The van der Waals surface area contributed by atoms with Gasteiger partial charge in [-0.15, -0.1) is 0 Å². The summed E-state index contributed by atoms with van der Waals surface area (Å²) in [4.78, 5) is 11.9. The number of hydrogen-bond donors (Lipinski definition) is 3. The number of carbonyl (C=O) groups excluding carboxylic acids is 1. The van der Waals surface area contributed by atoms with Crippen LogP contribution in [0.15, 0.2) is 30.3 Å². The van der Waals surface area contributed by atoms with Crippen molar-refractivity contribution in [2.24, 2.45) is 5.73 Å². The number of benzene rings is 1. The molecule has 0 bridgehead atoms. The van der Waals surface area contributed by atoms with Crippen LogP contribution in [0, 0.1) is 13.8 Å². The van der Waals surface area contributed by atoms with E-state index in [0.717, 1.165) is 16.8 Å². The number of hydrogen-bond acceptors (Lipinski definition) is 3. The van der Waals surface area contributed by atoms with E-state index >= 15 is 0 Å². The molecule has 18 heavy (non-hydrogen) atoms. The molecule has 1 unspecified atom stereocenters. The van der Waals surface area contributed by atoms with E-state index in [1.165, 1.54) is 0 Å². The maximum atomic E-state index is 11.9. The number of anilines is 1. The van der Waals surface area contributed by atoms with Gasteiger partial charge in [-0.2, -0.15) is 5.10 Å². The van der Waals surface area contributed by atoms with Crippen LogP contribution in [-0.2, 0) is 4.79 Å². The zero-order chi connectivity index (χ0) is 13.1. The Morgan fingerprint density at radius 3 is 2.56 bits per heavy atom. The monoisotopic (exact) mass is 244 g/mol. The van der Waals surface area contributed by atoms with Gasteiger partial charge in [0.25, 0.3) is 0 Å². The summed E-state index contributed by atoms with van der Waals surface area (Å²) < 4.78 is 0. The van der Waals surface area contributed by atoms with Gasteiger partial charge >= 0.3 is 0 Å². The van der Waals surface area contributed by atoms with Gasteiger partial charge in [0.1, 0.15) is 6.04 Å². The number of amides is 1. The Hall–Kier alpha value is -2.14. The van der Waals surface area contributed by atoms with E-state index in [-0.39, 0.29) is 5.91 Å². The Labute approximate surface area is 105 Å². The van der Waals surface area contributed by atoms with Crippen molar-refractivity contribution in [1.29, 1.82) is 0 Å². The first-order valence-corrected chi connectivity index (χ1v) is 5.71. The number of carbonyl (C=O) groups is 1. The highest BCUT2D eigenvalue weighted by Crippen LogP contribution is 2.14. The van der Waals surface area contributed by atoms with Crippen molar-refractivity contribution in [3.63, 3.8) is 0 Å². The molecule has 0 fully saturated rings. The first kappa shape index (κ1) is 12.3. The van der Waals surface area contributed by atoms with Crippen LogP contribution in [0.3, 0.4) is 0 Å². The molecule has 94 valence electrons. The Kier molecular flexibility index (Phi) is 3.43. The zero-order valence-electron chi connectivity index (χ0n) is 10.4. The van der Waals surface area contributed by atoms with E-state index in [0.29, 0.717) is 5.82 Å². The minimum absolute atomic E-state index is 0.273. The Morgan fingerprint density at radius 1 is 1.33 bits per heavy atom. The number of nitrogens with zero attached hydrogens (tertiary/aromatic N) is 1. The van der Waals surface area contributed by atoms with Gasteiger partial charge in [-0.1, -0.05) is 29.8 Å². The molecule has 0 saturated carbocycles. The molecule has 0 aliphatic rings. The van der Waals surface area contributed by atoms with Crippen molar-refractivity contribution in [2.75, 3.05) is 5.32 Å². The highest BCUT2D eigenvalue weighted by atomic mass is 16.2. The number of H-pyrrole nitrogens is 1. The average molecular weight is 244 g/mol. The molecule has 1 atom stereocenters. The van der Waals surface area contributed by atoms with Crippen molar-refractivity contribution >= 4 is 11.7 Å². The van der Waals surface area contributed by atoms with E-state index in [2.05, 4.69) is 15.5 Å². The van der Waals surface area contributed by atoms with E-state index in [1.54, 1.807) is 6.07 Å². The van der Waals surface area contributed by atoms with Crippen LogP contribution in [-0.4, -0.2) is 16.1 Å². The van der Waals surface area contributed by atoms with Gasteiger partial charge in [0.15, 0.2) is 5.82 Å². The number of nitrogens with two attached hydrogens (primary N) is 1. The van der Waals surface area contributed by atoms with Crippen LogP contribution in [0.4, 0.5) is 5.82 Å². The van der Waals surface area contributed by atoms with Crippen LogP contribution >= 0.6 is 0 Å². The molecule has 5 nitrogen and oxygen atoms in total. The van der Waals surface area contributed by atoms with E-state index in [9.17, 15) is 4.79 Å². The third-order valence-corrected chi connectivity index (χ3v) is 2.68. The molecule has 0 aliphatic carbocycles. The second-order valence-corrected chi connectivity index (χ2v) is 4.31. The van der Waals surface area contributed by atoms with E-state index < -0.39 is 6.04 Å². The first-order valence-electron chi connectivity index (χ1n) is 5.71. The molecule has 0 spiro atoms. The van der Waals surface area contributed by atoms with Crippen molar-refractivity contribution in [3.05, 3.63) is 47.2 Å². The van der Waals surface area contributed by atoms with Gasteiger partial charge in [-0.05, 0) is 19.4 Å². The molecule has 1 amide bonds. The van der Waals surface area contributed by atoms with Gasteiger partial charge in [0.2, 0.25) is 5.91 Å². The van der Waals surface area contributed by atoms with Crippen molar-refractivity contribution in [2.45, 2.75) is 19.9 Å². The van der Waals surface area contributed by atoms with Crippen LogP contribution in [0.25, 0.3) is 0 Å². The van der Waals surface area contributed by atoms with Gasteiger partial charge in [-0.3, -0.25) is 9.89 Å². The number of rotatable bonds is 3. The first-order chi connectivity index (χ1) is 8.56. The molecule has 0 radical (unpaired) electrons. The SMILES string of the molecule is Cc1ccc(C(N)C(=O)Nc2cc(C)[nH]n2)cc1. The Bertz CT molecular complexity index is 544. The zero-order valence-corrected chi connectivity index (χ0v) is 10.4. The lowest BCUT2D eigenvalue weighted by atomic mass is 10.1. The maximum Gasteiger partial charge on any atom is 0.247 e. The van der Waals surface area contributed by atoms with E-state index in [1.807, 2.05) is 38.1 Å². The Balaban J connectivity index is 2.07. The number of nitrogens with one attached hydrogen (secondary N) is 2. The predicted molar refractivity (Wildman–Crippen MR) is 70.1 cm³/mol. The summed E-state index contributed by atoms with van der Waals surface area (Å²) in [5.74, 6) is 0.213. The summed E-state index contributed by atoms with van der Waals surface area (Å²) in [5.41, 5.74) is 8.69. The van der Waals surface area contributed by atoms with Crippen molar-refractivity contribution < 1.29 is 4.79 Å². The molecule has 4 N–H and O–H groups in total. The van der Waals surface area contributed by atoms with Crippen molar-refractivity contribution in [3.8, 4) is 0 Å². The Morgan fingerprint density at radius 2 is 2.00 bits per heavy atom. The number of aromatic amines is 1. The summed E-state index contributed by atoms with van der Waals surface area (Å²) >= 11 is 0. The maximum absolute atomic E-state index is 11.9. The topological polar surface area (TPSA) is 83.8 Å². The minimum atomic E-state index is -0.692. The van der Waals surface area contributed by atoms with Gasteiger partial charge in [0.05, 0.1) is 0 Å². The largest absolute Gasteiger partial charge is 0.316 e. The van der Waals surface area contributed by atoms with Gasteiger partial charge < -0.3 is 11.1 Å². The van der Waals surface area contributed by atoms with Crippen molar-refractivity contribution in [1.82, 2.24) is 10.2 Å². The molecule has 1 aromatic heterocycles. The molecular weight excluding hydrogens is 228 g/mol. The summed E-state index contributed by atoms with van der Waals surface area (Å²) in [6.45, 7) is 3.85. The van der Waals surface area contributed by atoms with Crippen LogP contribution < -0.4 is 11.1 Å². The second-order valence-electron chi connectivity index (χ2n) is 4.31. The average Bonchev–Trinajstić information content (AvgIpc) is 2.75. The minimum Gasteiger partial charge on any atom is -0.316 e. The molecular formula is C13H16N4O. The highest BCUT2D eigenvalue weighted by molar-refractivity contribution is 5.94. The predicted octanol–water partition coefficient (Wildman–Crippen LogP) is 1.67. The summed E-state index contributed by atoms with van der Waals surface area (Å²) in [7, 11) is 0. The lowest BCUT2D eigenvalue weighted by Gasteiger charge is -2.11. The third-order valence-electron chi connectivity index (χ3n) is 2.68. The third kappa shape index (κ3) is 2.75. The van der Waals surface area contributed by atoms with Crippen LogP contribution in [0.1, 0.15) is 22.9 Å². The summed E-state index contributed by atoms with van der Waals surface area (Å²) in [5, 5.41) is 9.36.